The number of aryl methyl sites for hydroxylation is 1. The molecule has 0 saturated carbocycles. The lowest BCUT2D eigenvalue weighted by atomic mass is 10.1. The molecule has 90 valence electrons. The van der Waals surface area contributed by atoms with Gasteiger partial charge in [0, 0.05) is 29.4 Å². The second-order valence-electron chi connectivity index (χ2n) is 3.95. The van der Waals surface area contributed by atoms with Crippen LogP contribution in [0.1, 0.15) is 15.2 Å². The molecule has 0 saturated heterocycles. The number of hydrogen-bond acceptors (Lipinski definition) is 4. The summed E-state index contributed by atoms with van der Waals surface area (Å²) in [5.74, 6) is -0.0322. The van der Waals surface area contributed by atoms with E-state index in [4.69, 9.17) is 5.73 Å². The molecule has 2 aromatic heterocycles. The first-order valence-corrected chi connectivity index (χ1v) is 6.86. The Bertz CT molecular complexity index is 541. The standard InChI is InChI=1S/C12H14N2OS2/c1-7-9(8-5-4-6-16-8)10(11(13)17-7)12(15)14(2)3/h4-6H,13H2,1-3H3. The molecular weight excluding hydrogens is 252 g/mol. The molecule has 0 spiro atoms. The Morgan fingerprint density at radius 1 is 1.41 bits per heavy atom. The first-order chi connectivity index (χ1) is 8.02. The SMILES string of the molecule is Cc1sc(N)c(C(=O)N(C)C)c1-c1cccs1. The summed E-state index contributed by atoms with van der Waals surface area (Å²) in [4.78, 5) is 15.9. The van der Waals surface area contributed by atoms with Crippen LogP contribution in [0.3, 0.4) is 0 Å². The predicted molar refractivity (Wildman–Crippen MR) is 74.8 cm³/mol. The molecule has 2 N–H and O–H groups in total. The third kappa shape index (κ3) is 2.08. The van der Waals surface area contributed by atoms with Gasteiger partial charge >= 0.3 is 0 Å². The molecule has 0 atom stereocenters. The van der Waals surface area contributed by atoms with E-state index in [1.807, 2.05) is 24.4 Å². The van der Waals surface area contributed by atoms with E-state index >= 15 is 0 Å². The van der Waals surface area contributed by atoms with Gasteiger partial charge in [-0.2, -0.15) is 0 Å². The monoisotopic (exact) mass is 266 g/mol. The minimum atomic E-state index is -0.0322. The molecule has 3 nitrogen and oxygen atoms in total. The summed E-state index contributed by atoms with van der Waals surface area (Å²) in [6, 6.07) is 4.00. The van der Waals surface area contributed by atoms with Crippen molar-refractivity contribution in [2.75, 3.05) is 19.8 Å². The van der Waals surface area contributed by atoms with Crippen LogP contribution in [0.15, 0.2) is 17.5 Å². The van der Waals surface area contributed by atoms with Gasteiger partial charge in [0.25, 0.3) is 5.91 Å². The first-order valence-electron chi connectivity index (χ1n) is 5.16. The highest BCUT2D eigenvalue weighted by Gasteiger charge is 2.23. The third-order valence-corrected chi connectivity index (χ3v) is 4.32. The Kier molecular flexibility index (Phi) is 3.22. The lowest BCUT2D eigenvalue weighted by Gasteiger charge is -2.11. The van der Waals surface area contributed by atoms with Crippen molar-refractivity contribution in [3.05, 3.63) is 28.0 Å². The molecular formula is C12H14N2OS2. The third-order valence-electron chi connectivity index (χ3n) is 2.50. The van der Waals surface area contributed by atoms with Crippen molar-refractivity contribution in [1.82, 2.24) is 4.90 Å². The van der Waals surface area contributed by atoms with Crippen molar-refractivity contribution < 1.29 is 4.79 Å². The molecule has 5 heteroatoms. The zero-order valence-electron chi connectivity index (χ0n) is 9.98. The average Bonchev–Trinajstić information content (AvgIpc) is 2.84. The Morgan fingerprint density at radius 2 is 2.12 bits per heavy atom. The summed E-state index contributed by atoms with van der Waals surface area (Å²) in [6.45, 7) is 2.00. The van der Waals surface area contributed by atoms with Crippen LogP contribution >= 0.6 is 22.7 Å². The molecule has 2 rings (SSSR count). The number of rotatable bonds is 2. The number of hydrogen-bond donors (Lipinski definition) is 1. The zero-order valence-corrected chi connectivity index (χ0v) is 11.6. The normalized spacial score (nSPS) is 10.5. The highest BCUT2D eigenvalue weighted by molar-refractivity contribution is 7.18. The van der Waals surface area contributed by atoms with Gasteiger partial charge in [0.15, 0.2) is 0 Å². The summed E-state index contributed by atoms with van der Waals surface area (Å²) in [5.41, 5.74) is 7.59. The molecule has 2 heterocycles. The molecule has 0 aliphatic rings. The quantitative estimate of drug-likeness (QED) is 0.908. The van der Waals surface area contributed by atoms with Crippen molar-refractivity contribution >= 4 is 33.6 Å². The molecule has 1 amide bonds. The van der Waals surface area contributed by atoms with Crippen LogP contribution in [-0.4, -0.2) is 24.9 Å². The first kappa shape index (κ1) is 12.1. The Labute approximate surface area is 108 Å². The van der Waals surface area contributed by atoms with E-state index in [9.17, 15) is 4.79 Å². The van der Waals surface area contributed by atoms with Crippen LogP contribution in [0.4, 0.5) is 5.00 Å². The van der Waals surface area contributed by atoms with Crippen LogP contribution in [0.25, 0.3) is 10.4 Å². The van der Waals surface area contributed by atoms with Gasteiger partial charge in [-0.05, 0) is 18.4 Å². The molecule has 0 aliphatic carbocycles. The minimum Gasteiger partial charge on any atom is -0.390 e. The van der Waals surface area contributed by atoms with Crippen LogP contribution in [0.2, 0.25) is 0 Å². The second kappa shape index (κ2) is 4.50. The predicted octanol–water partition coefficient (Wildman–Crippen LogP) is 3.07. The van der Waals surface area contributed by atoms with E-state index in [2.05, 4.69) is 0 Å². The lowest BCUT2D eigenvalue weighted by Crippen LogP contribution is -2.22. The van der Waals surface area contributed by atoms with E-state index < -0.39 is 0 Å². The van der Waals surface area contributed by atoms with Crippen molar-refractivity contribution in [2.24, 2.45) is 0 Å². The molecule has 0 radical (unpaired) electrons. The second-order valence-corrected chi connectivity index (χ2v) is 6.15. The summed E-state index contributed by atoms with van der Waals surface area (Å²) in [5, 5.41) is 2.61. The number of nitrogens with zero attached hydrogens (tertiary/aromatic N) is 1. The Hall–Kier alpha value is -1.33. The smallest absolute Gasteiger partial charge is 0.256 e. The summed E-state index contributed by atoms with van der Waals surface area (Å²) < 4.78 is 0. The Morgan fingerprint density at radius 3 is 2.65 bits per heavy atom. The van der Waals surface area contributed by atoms with Crippen LogP contribution in [0, 0.1) is 6.92 Å². The van der Waals surface area contributed by atoms with E-state index in [1.165, 1.54) is 11.3 Å². The van der Waals surface area contributed by atoms with Gasteiger partial charge in [-0.25, -0.2) is 0 Å². The van der Waals surface area contributed by atoms with E-state index in [0.29, 0.717) is 10.6 Å². The van der Waals surface area contributed by atoms with Crippen molar-refractivity contribution in [2.45, 2.75) is 6.92 Å². The van der Waals surface area contributed by atoms with Crippen molar-refractivity contribution in [1.29, 1.82) is 0 Å². The summed E-state index contributed by atoms with van der Waals surface area (Å²) in [7, 11) is 3.49. The highest BCUT2D eigenvalue weighted by Crippen LogP contribution is 2.40. The van der Waals surface area contributed by atoms with E-state index in [1.54, 1.807) is 30.3 Å². The fraction of sp³-hybridized carbons (Fsp3) is 0.250. The fourth-order valence-corrected chi connectivity index (χ4v) is 3.55. The maximum absolute atomic E-state index is 12.2. The van der Waals surface area contributed by atoms with E-state index in [0.717, 1.165) is 15.3 Å². The summed E-state index contributed by atoms with van der Waals surface area (Å²) in [6.07, 6.45) is 0. The molecule has 0 aliphatic heterocycles. The Balaban J connectivity index is 2.63. The topological polar surface area (TPSA) is 46.3 Å². The molecule has 0 aromatic carbocycles. The maximum Gasteiger partial charge on any atom is 0.256 e. The van der Waals surface area contributed by atoms with Crippen LogP contribution in [0.5, 0.6) is 0 Å². The zero-order chi connectivity index (χ0) is 12.6. The number of nitrogen functional groups attached to an aromatic ring is 1. The number of carbonyl (C=O) groups is 1. The minimum absolute atomic E-state index is 0.0322. The molecule has 0 unspecified atom stereocenters. The number of anilines is 1. The summed E-state index contributed by atoms with van der Waals surface area (Å²) >= 11 is 3.10. The van der Waals surface area contributed by atoms with Crippen LogP contribution < -0.4 is 5.73 Å². The highest BCUT2D eigenvalue weighted by atomic mass is 32.1. The van der Waals surface area contributed by atoms with Gasteiger partial charge < -0.3 is 10.6 Å². The van der Waals surface area contributed by atoms with Gasteiger partial charge in [0.05, 0.1) is 10.6 Å². The van der Waals surface area contributed by atoms with Crippen molar-refractivity contribution in [3.8, 4) is 10.4 Å². The van der Waals surface area contributed by atoms with Gasteiger partial charge in [0.2, 0.25) is 0 Å². The largest absolute Gasteiger partial charge is 0.390 e. The molecule has 0 bridgehead atoms. The van der Waals surface area contributed by atoms with Gasteiger partial charge in [-0.3, -0.25) is 4.79 Å². The molecule has 17 heavy (non-hydrogen) atoms. The number of nitrogens with two attached hydrogens (primary N) is 1. The molecule has 2 aromatic rings. The fourth-order valence-electron chi connectivity index (χ4n) is 1.72. The van der Waals surface area contributed by atoms with Gasteiger partial charge in [-0.1, -0.05) is 6.07 Å². The van der Waals surface area contributed by atoms with Crippen LogP contribution in [-0.2, 0) is 0 Å². The van der Waals surface area contributed by atoms with Crippen molar-refractivity contribution in [3.63, 3.8) is 0 Å². The van der Waals surface area contributed by atoms with Gasteiger partial charge in [0.1, 0.15) is 0 Å². The maximum atomic E-state index is 12.2. The average molecular weight is 266 g/mol. The lowest BCUT2D eigenvalue weighted by molar-refractivity contribution is 0.0830. The number of carbonyl (C=O) groups excluding carboxylic acids is 1. The number of amides is 1. The van der Waals surface area contributed by atoms with E-state index in [-0.39, 0.29) is 5.91 Å². The molecule has 0 fully saturated rings. The number of thiophene rings is 2. The van der Waals surface area contributed by atoms with Gasteiger partial charge in [-0.15, -0.1) is 22.7 Å².